The topological polar surface area (TPSA) is 43.9 Å². The van der Waals surface area contributed by atoms with Crippen LogP contribution in [0.1, 0.15) is 55.8 Å². The Morgan fingerprint density at radius 3 is 2.29 bits per heavy atom. The average molecular weight is 384 g/mol. The van der Waals surface area contributed by atoms with Crippen LogP contribution in [-0.2, 0) is 4.79 Å². The Morgan fingerprint density at radius 1 is 0.893 bits per heavy atom. The summed E-state index contributed by atoms with van der Waals surface area (Å²) in [5.41, 5.74) is 1.92. The van der Waals surface area contributed by atoms with Crippen molar-refractivity contribution < 1.29 is 9.59 Å². The highest BCUT2D eigenvalue weighted by atomic mass is 16.2. The van der Waals surface area contributed by atoms with Crippen LogP contribution in [0.4, 0.5) is 5.69 Å². The molecule has 2 heterocycles. The van der Waals surface area contributed by atoms with E-state index in [9.17, 15) is 9.59 Å². The van der Waals surface area contributed by atoms with Crippen molar-refractivity contribution in [2.45, 2.75) is 51.5 Å². The first kappa shape index (κ1) is 19.4. The standard InChI is InChI=1S/C23H33N3O2/c1-18(27)19-8-10-21(11-9-19)25-15-13-24(14-16-25)17-23(28)26-12-4-6-20-5-2-3-7-22(20)26/h8-11,20,22H,2-7,12-17H2,1H3/t20-,22-/m0/s1. The Balaban J connectivity index is 1.29. The maximum absolute atomic E-state index is 13.0. The lowest BCUT2D eigenvalue weighted by Crippen LogP contribution is -2.54. The van der Waals surface area contributed by atoms with Gasteiger partial charge < -0.3 is 9.80 Å². The second-order valence-electron chi connectivity index (χ2n) is 8.71. The number of rotatable bonds is 4. The van der Waals surface area contributed by atoms with Crippen molar-refractivity contribution >= 4 is 17.4 Å². The van der Waals surface area contributed by atoms with E-state index in [-0.39, 0.29) is 5.78 Å². The molecular weight excluding hydrogens is 350 g/mol. The molecule has 0 spiro atoms. The lowest BCUT2D eigenvalue weighted by Gasteiger charge is -2.45. The zero-order valence-corrected chi connectivity index (χ0v) is 17.1. The normalized spacial score (nSPS) is 26.0. The summed E-state index contributed by atoms with van der Waals surface area (Å²) in [6.07, 6.45) is 7.65. The Hall–Kier alpha value is -1.88. The quantitative estimate of drug-likeness (QED) is 0.749. The molecule has 3 fully saturated rings. The molecule has 1 aromatic rings. The molecule has 2 saturated heterocycles. The van der Waals surface area contributed by atoms with Crippen LogP contribution in [0.2, 0.25) is 0 Å². The zero-order valence-electron chi connectivity index (χ0n) is 17.1. The number of piperidine rings is 1. The lowest BCUT2D eigenvalue weighted by atomic mass is 9.78. The van der Waals surface area contributed by atoms with Crippen LogP contribution in [0, 0.1) is 5.92 Å². The van der Waals surface area contributed by atoms with Gasteiger partial charge in [0.1, 0.15) is 0 Å². The largest absolute Gasteiger partial charge is 0.369 e. The number of piperazine rings is 1. The van der Waals surface area contributed by atoms with Gasteiger partial charge in [0.15, 0.2) is 5.78 Å². The number of likely N-dealkylation sites (tertiary alicyclic amines) is 1. The van der Waals surface area contributed by atoms with Crippen molar-refractivity contribution in [2.24, 2.45) is 5.92 Å². The first-order valence-electron chi connectivity index (χ1n) is 11.0. The van der Waals surface area contributed by atoms with E-state index in [1.807, 2.05) is 24.3 Å². The summed E-state index contributed by atoms with van der Waals surface area (Å²) in [5, 5.41) is 0. The molecule has 2 aliphatic heterocycles. The molecule has 1 aromatic carbocycles. The summed E-state index contributed by atoms with van der Waals surface area (Å²) in [6.45, 7) is 6.83. The Labute approximate surface area is 168 Å². The summed E-state index contributed by atoms with van der Waals surface area (Å²) < 4.78 is 0. The van der Waals surface area contributed by atoms with Crippen molar-refractivity contribution in [3.8, 4) is 0 Å². The van der Waals surface area contributed by atoms with Crippen LogP contribution in [0.25, 0.3) is 0 Å². The number of amides is 1. The van der Waals surface area contributed by atoms with Gasteiger partial charge in [-0.2, -0.15) is 0 Å². The van der Waals surface area contributed by atoms with Crippen LogP contribution in [0.3, 0.4) is 0 Å². The predicted octanol–water partition coefficient (Wildman–Crippen LogP) is 3.19. The Morgan fingerprint density at radius 2 is 1.57 bits per heavy atom. The summed E-state index contributed by atoms with van der Waals surface area (Å²) in [6, 6.07) is 8.40. The molecule has 1 aliphatic carbocycles. The maximum atomic E-state index is 13.0. The number of ketones is 1. The third-order valence-electron chi connectivity index (χ3n) is 6.93. The van der Waals surface area contributed by atoms with E-state index in [0.717, 1.165) is 49.9 Å². The predicted molar refractivity (Wildman–Crippen MR) is 112 cm³/mol. The minimum atomic E-state index is 0.104. The van der Waals surface area contributed by atoms with Crippen molar-refractivity contribution in [2.75, 3.05) is 44.2 Å². The monoisotopic (exact) mass is 383 g/mol. The van der Waals surface area contributed by atoms with Gasteiger partial charge >= 0.3 is 0 Å². The molecule has 0 N–H and O–H groups in total. The van der Waals surface area contributed by atoms with Crippen molar-refractivity contribution in [1.82, 2.24) is 9.80 Å². The first-order valence-corrected chi connectivity index (χ1v) is 11.0. The number of hydrogen-bond acceptors (Lipinski definition) is 4. The van der Waals surface area contributed by atoms with Crippen LogP contribution in [-0.4, -0.2) is 66.8 Å². The second-order valence-corrected chi connectivity index (χ2v) is 8.71. The molecule has 1 saturated carbocycles. The van der Waals surface area contributed by atoms with Gasteiger partial charge in [0.05, 0.1) is 6.54 Å². The number of nitrogens with zero attached hydrogens (tertiary/aromatic N) is 3. The molecule has 0 radical (unpaired) electrons. The van der Waals surface area contributed by atoms with E-state index in [1.54, 1.807) is 6.92 Å². The molecule has 5 nitrogen and oxygen atoms in total. The highest BCUT2D eigenvalue weighted by molar-refractivity contribution is 5.94. The van der Waals surface area contributed by atoms with Crippen LogP contribution < -0.4 is 4.90 Å². The maximum Gasteiger partial charge on any atom is 0.237 e. The van der Waals surface area contributed by atoms with E-state index < -0.39 is 0 Å². The molecular formula is C23H33N3O2. The molecule has 0 aromatic heterocycles. The Kier molecular flexibility index (Phi) is 6.00. The van der Waals surface area contributed by atoms with Gasteiger partial charge in [0.25, 0.3) is 0 Å². The number of anilines is 1. The van der Waals surface area contributed by atoms with Gasteiger partial charge in [-0.25, -0.2) is 0 Å². The van der Waals surface area contributed by atoms with Gasteiger partial charge in [0, 0.05) is 50.0 Å². The average Bonchev–Trinajstić information content (AvgIpc) is 2.74. The van der Waals surface area contributed by atoms with Crippen LogP contribution in [0.15, 0.2) is 24.3 Å². The minimum Gasteiger partial charge on any atom is -0.369 e. The number of carbonyl (C=O) groups is 2. The molecule has 4 rings (SSSR count). The number of carbonyl (C=O) groups excluding carboxylic acids is 2. The van der Waals surface area contributed by atoms with Gasteiger partial charge in [-0.15, -0.1) is 0 Å². The zero-order chi connectivity index (χ0) is 19.5. The number of hydrogen-bond donors (Lipinski definition) is 0. The highest BCUT2D eigenvalue weighted by Crippen LogP contribution is 2.35. The van der Waals surface area contributed by atoms with Gasteiger partial charge in [-0.3, -0.25) is 14.5 Å². The first-order chi connectivity index (χ1) is 13.6. The number of benzene rings is 1. The fourth-order valence-corrected chi connectivity index (χ4v) is 5.29. The molecule has 2 atom stereocenters. The van der Waals surface area contributed by atoms with E-state index in [2.05, 4.69) is 14.7 Å². The van der Waals surface area contributed by atoms with E-state index in [0.29, 0.717) is 18.5 Å². The lowest BCUT2D eigenvalue weighted by molar-refractivity contribution is -0.138. The molecule has 5 heteroatoms. The van der Waals surface area contributed by atoms with Crippen LogP contribution in [0.5, 0.6) is 0 Å². The van der Waals surface area contributed by atoms with E-state index in [1.165, 1.54) is 38.5 Å². The van der Waals surface area contributed by atoms with Gasteiger partial charge in [-0.05, 0) is 62.8 Å². The van der Waals surface area contributed by atoms with E-state index in [4.69, 9.17) is 0 Å². The highest BCUT2D eigenvalue weighted by Gasteiger charge is 2.36. The summed E-state index contributed by atoms with van der Waals surface area (Å²) in [5.74, 6) is 1.20. The smallest absolute Gasteiger partial charge is 0.237 e. The SMILES string of the molecule is CC(=O)c1ccc(N2CCN(CC(=O)N3CCC[C@@H]4CCCC[C@@H]43)CC2)cc1. The third-order valence-corrected chi connectivity index (χ3v) is 6.93. The third kappa shape index (κ3) is 4.24. The number of fused-ring (bicyclic) bond motifs is 1. The molecule has 1 amide bonds. The minimum absolute atomic E-state index is 0.104. The molecule has 28 heavy (non-hydrogen) atoms. The number of Topliss-reactive ketones (excluding diaryl/α,β-unsaturated/α-hetero) is 1. The van der Waals surface area contributed by atoms with Gasteiger partial charge in [0.2, 0.25) is 5.91 Å². The summed E-state index contributed by atoms with van der Waals surface area (Å²) >= 11 is 0. The van der Waals surface area contributed by atoms with Gasteiger partial charge in [-0.1, -0.05) is 12.8 Å². The van der Waals surface area contributed by atoms with Crippen molar-refractivity contribution in [3.05, 3.63) is 29.8 Å². The fraction of sp³-hybridized carbons (Fsp3) is 0.652. The fourth-order valence-electron chi connectivity index (χ4n) is 5.29. The molecule has 0 bridgehead atoms. The van der Waals surface area contributed by atoms with E-state index >= 15 is 0 Å². The van der Waals surface area contributed by atoms with Crippen LogP contribution >= 0.6 is 0 Å². The van der Waals surface area contributed by atoms with Crippen molar-refractivity contribution in [1.29, 1.82) is 0 Å². The molecule has 152 valence electrons. The second kappa shape index (κ2) is 8.64. The molecule has 3 aliphatic rings. The Bertz CT molecular complexity index is 692. The van der Waals surface area contributed by atoms with Crippen molar-refractivity contribution in [3.63, 3.8) is 0 Å². The molecule has 0 unspecified atom stereocenters. The summed E-state index contributed by atoms with van der Waals surface area (Å²) in [4.78, 5) is 31.3. The summed E-state index contributed by atoms with van der Waals surface area (Å²) in [7, 11) is 0.